The van der Waals surface area contributed by atoms with Gasteiger partial charge in [0.1, 0.15) is 16.8 Å². The maximum absolute atomic E-state index is 9.51. The molecule has 25 heavy (non-hydrogen) atoms. The summed E-state index contributed by atoms with van der Waals surface area (Å²) in [7, 11) is 1.61. The number of hydrogen-bond acceptors (Lipinski definition) is 4. The number of nitriles is 1. The molecule has 3 aromatic rings. The van der Waals surface area contributed by atoms with E-state index in [1.165, 1.54) is 11.3 Å². The van der Waals surface area contributed by atoms with Crippen LogP contribution in [0.4, 0.5) is 0 Å². The van der Waals surface area contributed by atoms with Gasteiger partial charge in [0.25, 0.3) is 0 Å². The summed E-state index contributed by atoms with van der Waals surface area (Å²) < 4.78 is 5.21. The van der Waals surface area contributed by atoms with E-state index < -0.39 is 0 Å². The molecule has 1 aromatic heterocycles. The Kier molecular flexibility index (Phi) is 5.40. The zero-order valence-electron chi connectivity index (χ0n) is 13.2. The van der Waals surface area contributed by atoms with Crippen LogP contribution in [0.2, 0.25) is 10.0 Å². The van der Waals surface area contributed by atoms with Crippen LogP contribution in [0.3, 0.4) is 0 Å². The molecule has 3 rings (SSSR count). The molecule has 0 fully saturated rings. The highest BCUT2D eigenvalue weighted by atomic mass is 35.5. The summed E-state index contributed by atoms with van der Waals surface area (Å²) in [6, 6.07) is 15.0. The van der Waals surface area contributed by atoms with Crippen LogP contribution in [0, 0.1) is 11.3 Å². The summed E-state index contributed by atoms with van der Waals surface area (Å²) in [5.74, 6) is 0.735. The smallest absolute Gasteiger partial charge is 0.134 e. The van der Waals surface area contributed by atoms with Gasteiger partial charge in [0.2, 0.25) is 0 Å². The Hall–Kier alpha value is -2.32. The fourth-order valence-corrected chi connectivity index (χ4v) is 3.55. The molecule has 3 nitrogen and oxygen atoms in total. The van der Waals surface area contributed by atoms with Crippen LogP contribution in [0.15, 0.2) is 47.8 Å². The van der Waals surface area contributed by atoms with Crippen LogP contribution in [0.25, 0.3) is 22.9 Å². The second-order valence-corrected chi connectivity index (χ2v) is 6.81. The van der Waals surface area contributed by atoms with Gasteiger partial charge in [0.15, 0.2) is 0 Å². The molecule has 0 bridgehead atoms. The van der Waals surface area contributed by atoms with Crippen LogP contribution in [0.1, 0.15) is 10.6 Å². The highest BCUT2D eigenvalue weighted by Crippen LogP contribution is 2.33. The van der Waals surface area contributed by atoms with E-state index in [0.29, 0.717) is 26.3 Å². The first-order chi connectivity index (χ1) is 12.1. The first-order valence-corrected chi connectivity index (χ1v) is 8.91. The van der Waals surface area contributed by atoms with Crippen molar-refractivity contribution >= 4 is 46.2 Å². The lowest BCUT2D eigenvalue weighted by Gasteiger charge is -2.01. The maximum Gasteiger partial charge on any atom is 0.134 e. The fourth-order valence-electron chi connectivity index (χ4n) is 2.26. The molecule has 0 atom stereocenters. The number of halogens is 2. The Morgan fingerprint density at radius 3 is 2.80 bits per heavy atom. The van der Waals surface area contributed by atoms with Gasteiger partial charge in [-0.25, -0.2) is 4.98 Å². The summed E-state index contributed by atoms with van der Waals surface area (Å²) in [6.07, 6.45) is 1.79. The van der Waals surface area contributed by atoms with Crippen molar-refractivity contribution in [2.45, 2.75) is 0 Å². The second kappa shape index (κ2) is 7.71. The topological polar surface area (TPSA) is 45.9 Å². The molecule has 0 radical (unpaired) electrons. The van der Waals surface area contributed by atoms with Gasteiger partial charge in [-0.1, -0.05) is 35.3 Å². The van der Waals surface area contributed by atoms with Crippen LogP contribution in [0.5, 0.6) is 5.75 Å². The number of allylic oxidation sites excluding steroid dienone is 1. The van der Waals surface area contributed by atoms with Crippen molar-refractivity contribution in [1.29, 1.82) is 5.26 Å². The van der Waals surface area contributed by atoms with E-state index in [1.54, 1.807) is 25.3 Å². The largest absolute Gasteiger partial charge is 0.497 e. The van der Waals surface area contributed by atoms with Crippen molar-refractivity contribution in [3.05, 3.63) is 68.5 Å². The van der Waals surface area contributed by atoms with E-state index >= 15 is 0 Å². The van der Waals surface area contributed by atoms with Crippen LogP contribution in [-0.4, -0.2) is 12.1 Å². The standard InChI is InChI=1S/C19H12Cl2N2OS/c1-24-15-4-2-3-12(8-15)7-13(10-22)19-23-18(11-25-19)16-6-5-14(20)9-17(16)21/h2-9,11H,1H3. The number of nitrogens with zero attached hydrogens (tertiary/aromatic N) is 2. The molecule has 0 aliphatic heterocycles. The van der Waals surface area contributed by atoms with Gasteiger partial charge < -0.3 is 4.74 Å². The van der Waals surface area contributed by atoms with Crippen LogP contribution < -0.4 is 4.74 Å². The molecule has 0 spiro atoms. The fraction of sp³-hybridized carbons (Fsp3) is 0.0526. The molecule has 0 aliphatic carbocycles. The third-order valence-electron chi connectivity index (χ3n) is 3.47. The third-order valence-corrected chi connectivity index (χ3v) is 4.89. The summed E-state index contributed by atoms with van der Waals surface area (Å²) in [5, 5.41) is 13.1. The van der Waals surface area contributed by atoms with Crippen molar-refractivity contribution < 1.29 is 4.74 Å². The lowest BCUT2D eigenvalue weighted by Crippen LogP contribution is -1.85. The van der Waals surface area contributed by atoms with Crippen molar-refractivity contribution in [3.8, 4) is 23.1 Å². The minimum atomic E-state index is 0.481. The minimum Gasteiger partial charge on any atom is -0.497 e. The Balaban J connectivity index is 1.96. The van der Waals surface area contributed by atoms with E-state index in [2.05, 4.69) is 11.1 Å². The average Bonchev–Trinajstić information content (AvgIpc) is 3.09. The highest BCUT2D eigenvalue weighted by molar-refractivity contribution is 7.11. The minimum absolute atomic E-state index is 0.481. The molecule has 0 amide bonds. The molecule has 124 valence electrons. The Morgan fingerprint density at radius 2 is 2.08 bits per heavy atom. The molecule has 2 aromatic carbocycles. The molecule has 0 aliphatic rings. The van der Waals surface area contributed by atoms with E-state index in [1.807, 2.05) is 35.7 Å². The molecule has 0 saturated heterocycles. The van der Waals surface area contributed by atoms with E-state index in [-0.39, 0.29) is 0 Å². The lowest BCUT2D eigenvalue weighted by molar-refractivity contribution is 0.414. The first kappa shape index (κ1) is 17.5. The molecule has 6 heteroatoms. The molecule has 0 N–H and O–H groups in total. The van der Waals surface area contributed by atoms with Gasteiger partial charge in [-0.05, 0) is 42.0 Å². The van der Waals surface area contributed by atoms with Gasteiger partial charge in [0, 0.05) is 16.0 Å². The molecule has 0 saturated carbocycles. The zero-order chi connectivity index (χ0) is 17.8. The van der Waals surface area contributed by atoms with Gasteiger partial charge in [-0.15, -0.1) is 11.3 Å². The summed E-state index contributed by atoms with van der Waals surface area (Å²) in [4.78, 5) is 4.55. The lowest BCUT2D eigenvalue weighted by atomic mass is 10.1. The molecule has 1 heterocycles. The predicted octanol–water partition coefficient (Wildman–Crippen LogP) is 6.19. The van der Waals surface area contributed by atoms with Gasteiger partial charge in [-0.2, -0.15) is 5.26 Å². The van der Waals surface area contributed by atoms with E-state index in [4.69, 9.17) is 27.9 Å². The summed E-state index contributed by atoms with van der Waals surface area (Å²) >= 11 is 13.6. The number of hydrogen-bond donors (Lipinski definition) is 0. The maximum atomic E-state index is 9.51. The van der Waals surface area contributed by atoms with E-state index in [9.17, 15) is 5.26 Å². The number of methoxy groups -OCH3 is 1. The second-order valence-electron chi connectivity index (χ2n) is 5.11. The molecular formula is C19H12Cl2N2OS. The monoisotopic (exact) mass is 386 g/mol. The first-order valence-electron chi connectivity index (χ1n) is 7.28. The highest BCUT2D eigenvalue weighted by Gasteiger charge is 2.12. The van der Waals surface area contributed by atoms with Crippen LogP contribution >= 0.6 is 34.5 Å². The quantitative estimate of drug-likeness (QED) is 0.502. The number of ether oxygens (including phenoxy) is 1. The van der Waals surface area contributed by atoms with Crippen LogP contribution in [-0.2, 0) is 0 Å². The van der Waals surface area contributed by atoms with Crippen molar-refractivity contribution in [2.75, 3.05) is 7.11 Å². The average molecular weight is 387 g/mol. The van der Waals surface area contributed by atoms with Crippen molar-refractivity contribution in [1.82, 2.24) is 4.98 Å². The normalized spacial score (nSPS) is 11.2. The summed E-state index contributed by atoms with van der Waals surface area (Å²) in [6.45, 7) is 0. The third kappa shape index (κ3) is 4.02. The SMILES string of the molecule is COc1cccc(C=C(C#N)c2nc(-c3ccc(Cl)cc3Cl)cs2)c1. The Morgan fingerprint density at radius 1 is 1.24 bits per heavy atom. The predicted molar refractivity (Wildman–Crippen MR) is 104 cm³/mol. The number of rotatable bonds is 4. The van der Waals surface area contributed by atoms with Crippen molar-refractivity contribution in [3.63, 3.8) is 0 Å². The molecule has 0 unspecified atom stereocenters. The number of benzene rings is 2. The zero-order valence-corrected chi connectivity index (χ0v) is 15.5. The Labute approximate surface area is 159 Å². The van der Waals surface area contributed by atoms with Gasteiger partial charge >= 0.3 is 0 Å². The number of thiazole rings is 1. The van der Waals surface area contributed by atoms with E-state index in [0.717, 1.165) is 16.9 Å². The summed E-state index contributed by atoms with van der Waals surface area (Å²) in [5.41, 5.74) is 2.85. The van der Waals surface area contributed by atoms with Crippen molar-refractivity contribution in [2.24, 2.45) is 0 Å². The van der Waals surface area contributed by atoms with Gasteiger partial charge in [0.05, 0.1) is 23.4 Å². The molecular weight excluding hydrogens is 375 g/mol. The number of aromatic nitrogens is 1. The van der Waals surface area contributed by atoms with Gasteiger partial charge in [-0.3, -0.25) is 0 Å². The Bertz CT molecular complexity index is 989.